The summed E-state index contributed by atoms with van der Waals surface area (Å²) in [6.45, 7) is 5.13. The lowest BCUT2D eigenvalue weighted by molar-refractivity contribution is -0.114. The molecular weight excluding hydrogens is 220 g/mol. The third-order valence-electron chi connectivity index (χ3n) is 1.79. The molecule has 0 aliphatic rings. The molecule has 0 heterocycles. The van der Waals surface area contributed by atoms with Crippen LogP contribution in [0.2, 0.25) is 0 Å². The predicted octanol–water partition coefficient (Wildman–Crippen LogP) is 2.14. The van der Waals surface area contributed by atoms with Gasteiger partial charge in [0.25, 0.3) is 0 Å². The summed E-state index contributed by atoms with van der Waals surface area (Å²) in [5.74, 6) is 0.286. The summed E-state index contributed by atoms with van der Waals surface area (Å²) in [6.07, 6.45) is -0.493. The molecule has 0 bridgehead atoms. The summed E-state index contributed by atoms with van der Waals surface area (Å²) in [5, 5.41) is 5.23. The molecule has 0 spiro atoms. The van der Waals surface area contributed by atoms with Crippen molar-refractivity contribution in [1.29, 1.82) is 0 Å². The molecule has 2 amide bonds. The first-order valence-corrected chi connectivity index (χ1v) is 5.33. The van der Waals surface area contributed by atoms with Gasteiger partial charge in [-0.15, -0.1) is 0 Å². The molecule has 0 aromatic heterocycles. The number of amides is 2. The largest absolute Gasteiger partial charge is 0.412 e. The van der Waals surface area contributed by atoms with E-state index in [0.717, 1.165) is 0 Å². The lowest BCUT2D eigenvalue weighted by Crippen LogP contribution is -2.32. The van der Waals surface area contributed by atoms with Gasteiger partial charge >= 0.3 is 6.09 Å². The van der Waals surface area contributed by atoms with E-state index in [9.17, 15) is 9.59 Å². The number of anilines is 1. The van der Waals surface area contributed by atoms with Crippen LogP contribution >= 0.6 is 0 Å². The Hall–Kier alpha value is -2.04. The summed E-state index contributed by atoms with van der Waals surface area (Å²) < 4.78 is 5.02. The first-order chi connectivity index (χ1) is 7.97. The highest BCUT2D eigenvalue weighted by atomic mass is 16.6. The zero-order valence-electron chi connectivity index (χ0n) is 10.1. The second kappa shape index (κ2) is 5.89. The predicted molar refractivity (Wildman–Crippen MR) is 65.0 cm³/mol. The zero-order valence-corrected chi connectivity index (χ0v) is 10.1. The summed E-state index contributed by atoms with van der Waals surface area (Å²) in [7, 11) is 0. The van der Waals surface area contributed by atoms with Crippen molar-refractivity contribution in [2.24, 2.45) is 0 Å². The van der Waals surface area contributed by atoms with Gasteiger partial charge in [-0.1, -0.05) is 0 Å². The summed E-state index contributed by atoms with van der Waals surface area (Å²) in [6, 6.07) is 6.59. The minimum absolute atomic E-state index is 0.0288. The van der Waals surface area contributed by atoms with E-state index < -0.39 is 6.09 Å². The Morgan fingerprint density at radius 2 is 1.76 bits per heavy atom. The number of benzene rings is 1. The second-order valence-electron chi connectivity index (χ2n) is 3.89. The van der Waals surface area contributed by atoms with E-state index in [1.165, 1.54) is 6.92 Å². The highest BCUT2D eigenvalue weighted by Gasteiger charge is 2.05. The Kier molecular flexibility index (Phi) is 4.51. The number of ether oxygens (including phenoxy) is 1. The van der Waals surface area contributed by atoms with Gasteiger partial charge in [0, 0.05) is 18.7 Å². The molecule has 1 aromatic carbocycles. The van der Waals surface area contributed by atoms with Crippen LogP contribution < -0.4 is 15.4 Å². The monoisotopic (exact) mass is 236 g/mol. The quantitative estimate of drug-likeness (QED) is 0.844. The minimum Gasteiger partial charge on any atom is -0.410 e. The molecule has 0 aliphatic heterocycles. The average Bonchev–Trinajstić information content (AvgIpc) is 2.18. The van der Waals surface area contributed by atoms with E-state index in [0.29, 0.717) is 11.4 Å². The molecule has 0 radical (unpaired) electrons. The van der Waals surface area contributed by atoms with Gasteiger partial charge in [-0.05, 0) is 38.1 Å². The number of rotatable bonds is 3. The molecule has 0 saturated carbocycles. The number of hydrogen-bond acceptors (Lipinski definition) is 3. The highest BCUT2D eigenvalue weighted by molar-refractivity contribution is 5.88. The van der Waals surface area contributed by atoms with Crippen LogP contribution in [0.1, 0.15) is 20.8 Å². The Morgan fingerprint density at radius 1 is 1.18 bits per heavy atom. The molecule has 5 nitrogen and oxygen atoms in total. The third-order valence-corrected chi connectivity index (χ3v) is 1.79. The van der Waals surface area contributed by atoms with E-state index in [2.05, 4.69) is 10.6 Å². The second-order valence-corrected chi connectivity index (χ2v) is 3.89. The van der Waals surface area contributed by atoms with Crippen molar-refractivity contribution in [1.82, 2.24) is 5.32 Å². The molecule has 92 valence electrons. The maximum atomic E-state index is 11.3. The summed E-state index contributed by atoms with van der Waals surface area (Å²) in [4.78, 5) is 22.1. The van der Waals surface area contributed by atoms with Gasteiger partial charge in [0.05, 0.1) is 0 Å². The van der Waals surface area contributed by atoms with E-state index in [1.54, 1.807) is 24.3 Å². The van der Waals surface area contributed by atoms with E-state index in [4.69, 9.17) is 4.74 Å². The molecule has 0 saturated heterocycles. The lowest BCUT2D eigenvalue weighted by atomic mass is 10.3. The van der Waals surface area contributed by atoms with Crippen LogP contribution in [-0.2, 0) is 4.79 Å². The third kappa shape index (κ3) is 5.01. The Bertz CT molecular complexity index is 399. The van der Waals surface area contributed by atoms with Gasteiger partial charge in [0.1, 0.15) is 5.75 Å². The fraction of sp³-hybridized carbons (Fsp3) is 0.333. The Morgan fingerprint density at radius 3 is 2.24 bits per heavy atom. The first kappa shape index (κ1) is 13.0. The fourth-order valence-electron chi connectivity index (χ4n) is 1.18. The number of carbonyl (C=O) groups excluding carboxylic acids is 2. The average molecular weight is 236 g/mol. The summed E-state index contributed by atoms with van der Waals surface area (Å²) >= 11 is 0. The van der Waals surface area contributed by atoms with Crippen molar-refractivity contribution < 1.29 is 14.3 Å². The smallest absolute Gasteiger partial charge is 0.410 e. The van der Waals surface area contributed by atoms with Gasteiger partial charge in [-0.25, -0.2) is 4.79 Å². The van der Waals surface area contributed by atoms with Gasteiger partial charge in [0.15, 0.2) is 0 Å². The van der Waals surface area contributed by atoms with Crippen LogP contribution in [0.15, 0.2) is 24.3 Å². The van der Waals surface area contributed by atoms with Crippen molar-refractivity contribution in [2.75, 3.05) is 5.32 Å². The van der Waals surface area contributed by atoms with Crippen molar-refractivity contribution in [3.63, 3.8) is 0 Å². The van der Waals surface area contributed by atoms with E-state index >= 15 is 0 Å². The number of hydrogen-bond donors (Lipinski definition) is 2. The van der Waals surface area contributed by atoms with Crippen molar-refractivity contribution >= 4 is 17.7 Å². The molecular formula is C12H16N2O3. The van der Waals surface area contributed by atoms with E-state index in [-0.39, 0.29) is 11.9 Å². The first-order valence-electron chi connectivity index (χ1n) is 5.33. The van der Waals surface area contributed by atoms with Crippen molar-refractivity contribution in [2.45, 2.75) is 26.8 Å². The van der Waals surface area contributed by atoms with Gasteiger partial charge in [0.2, 0.25) is 5.91 Å². The normalized spacial score (nSPS) is 9.88. The molecule has 0 unspecified atom stereocenters. The maximum Gasteiger partial charge on any atom is 0.412 e. The number of carbonyl (C=O) groups is 2. The molecule has 0 atom stereocenters. The molecule has 0 fully saturated rings. The molecule has 17 heavy (non-hydrogen) atoms. The van der Waals surface area contributed by atoms with Crippen LogP contribution in [0, 0.1) is 0 Å². The van der Waals surface area contributed by atoms with Crippen LogP contribution in [0.4, 0.5) is 10.5 Å². The van der Waals surface area contributed by atoms with Crippen LogP contribution in [0.3, 0.4) is 0 Å². The lowest BCUT2D eigenvalue weighted by Gasteiger charge is -2.09. The van der Waals surface area contributed by atoms with Gasteiger partial charge in [-0.3, -0.25) is 4.79 Å². The molecule has 1 rings (SSSR count). The topological polar surface area (TPSA) is 67.4 Å². The van der Waals surface area contributed by atoms with Gasteiger partial charge < -0.3 is 15.4 Å². The molecule has 2 N–H and O–H groups in total. The van der Waals surface area contributed by atoms with Crippen molar-refractivity contribution in [3.05, 3.63) is 24.3 Å². The maximum absolute atomic E-state index is 11.3. The van der Waals surface area contributed by atoms with Crippen LogP contribution in [0.25, 0.3) is 0 Å². The van der Waals surface area contributed by atoms with Crippen LogP contribution in [0.5, 0.6) is 5.75 Å². The highest BCUT2D eigenvalue weighted by Crippen LogP contribution is 2.15. The molecule has 5 heteroatoms. The standard InChI is InChI=1S/C12H16N2O3/c1-8(2)13-12(16)17-11-6-4-10(5-7-11)14-9(3)15/h4-8H,1-3H3,(H,13,16)(H,14,15). The van der Waals surface area contributed by atoms with Gasteiger partial charge in [-0.2, -0.15) is 0 Å². The number of nitrogens with one attached hydrogen (secondary N) is 2. The van der Waals surface area contributed by atoms with Crippen LogP contribution in [-0.4, -0.2) is 18.0 Å². The minimum atomic E-state index is -0.493. The fourth-order valence-corrected chi connectivity index (χ4v) is 1.18. The SMILES string of the molecule is CC(=O)Nc1ccc(OC(=O)NC(C)C)cc1. The Balaban J connectivity index is 2.56. The summed E-state index contributed by atoms with van der Waals surface area (Å²) in [5.41, 5.74) is 0.661. The Labute approximate surface area is 100 Å². The van der Waals surface area contributed by atoms with Crippen molar-refractivity contribution in [3.8, 4) is 5.75 Å². The zero-order chi connectivity index (χ0) is 12.8. The molecule has 0 aliphatic carbocycles. The molecule has 1 aromatic rings. The van der Waals surface area contributed by atoms with E-state index in [1.807, 2.05) is 13.8 Å².